The quantitative estimate of drug-likeness (QED) is 0.385. The highest BCUT2D eigenvalue weighted by atomic mass is 127. The average molecular weight is 443 g/mol. The summed E-state index contributed by atoms with van der Waals surface area (Å²) in [7, 11) is 0. The van der Waals surface area contributed by atoms with Crippen LogP contribution in [0.5, 0.6) is 0 Å². The average Bonchev–Trinajstić information content (AvgIpc) is 3.16. The van der Waals surface area contributed by atoms with Crippen molar-refractivity contribution in [1.29, 1.82) is 0 Å². The SMILES string of the molecule is CC(O)(CN=C(N)Nc1ccc2c(c1)CCC2)c1cccs1.I. The van der Waals surface area contributed by atoms with Crippen LogP contribution >= 0.6 is 35.3 Å². The fourth-order valence-corrected chi connectivity index (χ4v) is 3.52. The smallest absolute Gasteiger partial charge is 0.193 e. The summed E-state index contributed by atoms with van der Waals surface area (Å²) in [4.78, 5) is 5.17. The van der Waals surface area contributed by atoms with Crippen molar-refractivity contribution in [3.8, 4) is 0 Å². The number of anilines is 1. The van der Waals surface area contributed by atoms with Crippen LogP contribution in [-0.2, 0) is 18.4 Å². The molecular weight excluding hydrogens is 421 g/mol. The number of nitrogens with zero attached hydrogens (tertiary/aromatic N) is 1. The van der Waals surface area contributed by atoms with Gasteiger partial charge in [-0.05, 0) is 60.9 Å². The Kier molecular flexibility index (Phi) is 6.05. The molecular formula is C17H22IN3OS. The number of thiophene rings is 1. The summed E-state index contributed by atoms with van der Waals surface area (Å²) in [6, 6.07) is 10.2. The standard InChI is InChI=1S/C17H21N3OS.HI/c1-17(21,15-6-3-9-22-15)11-19-16(18)20-14-8-7-12-4-2-5-13(12)10-14;/h3,6-10,21H,2,4-5,11H2,1H3,(H3,18,19,20);1H. The van der Waals surface area contributed by atoms with Crippen molar-refractivity contribution in [2.45, 2.75) is 31.8 Å². The number of nitrogens with two attached hydrogens (primary N) is 1. The van der Waals surface area contributed by atoms with Crippen LogP contribution in [0.15, 0.2) is 40.7 Å². The monoisotopic (exact) mass is 443 g/mol. The molecule has 0 radical (unpaired) electrons. The molecule has 0 saturated heterocycles. The molecule has 0 spiro atoms. The first-order valence-corrected chi connectivity index (χ1v) is 8.38. The summed E-state index contributed by atoms with van der Waals surface area (Å²) in [5, 5.41) is 15.5. The summed E-state index contributed by atoms with van der Waals surface area (Å²) in [6.45, 7) is 1.99. The molecule has 0 aliphatic heterocycles. The normalized spacial score (nSPS) is 16.3. The van der Waals surface area contributed by atoms with E-state index in [0.29, 0.717) is 5.96 Å². The van der Waals surface area contributed by atoms with Gasteiger partial charge < -0.3 is 16.2 Å². The molecule has 0 fully saturated rings. The largest absolute Gasteiger partial charge is 0.383 e. The molecule has 1 atom stereocenters. The summed E-state index contributed by atoms with van der Waals surface area (Å²) in [6.07, 6.45) is 3.53. The lowest BCUT2D eigenvalue weighted by atomic mass is 10.1. The Hall–Kier alpha value is -1.12. The van der Waals surface area contributed by atoms with E-state index in [4.69, 9.17) is 5.73 Å². The molecule has 3 rings (SSSR count). The molecule has 1 aliphatic rings. The Labute approximate surface area is 157 Å². The lowest BCUT2D eigenvalue weighted by molar-refractivity contribution is 0.0713. The third kappa shape index (κ3) is 4.45. The van der Waals surface area contributed by atoms with E-state index in [1.807, 2.05) is 23.6 Å². The van der Waals surface area contributed by atoms with Gasteiger partial charge in [-0.25, -0.2) is 4.99 Å². The van der Waals surface area contributed by atoms with E-state index in [1.54, 1.807) is 6.92 Å². The highest BCUT2D eigenvalue weighted by Gasteiger charge is 2.23. The Morgan fingerprint density at radius 1 is 1.35 bits per heavy atom. The Bertz CT molecular complexity index is 683. The van der Waals surface area contributed by atoms with Gasteiger partial charge in [-0.2, -0.15) is 0 Å². The zero-order chi connectivity index (χ0) is 15.6. The first kappa shape index (κ1) is 18.2. The van der Waals surface area contributed by atoms with E-state index in [2.05, 4.69) is 22.4 Å². The van der Waals surface area contributed by atoms with Crippen LogP contribution in [0.25, 0.3) is 0 Å². The molecule has 0 amide bonds. The summed E-state index contributed by atoms with van der Waals surface area (Å²) >= 11 is 1.52. The second-order valence-electron chi connectivity index (χ2n) is 5.91. The van der Waals surface area contributed by atoms with E-state index in [1.165, 1.54) is 35.3 Å². The fourth-order valence-electron chi connectivity index (χ4n) is 2.74. The first-order chi connectivity index (χ1) is 10.5. The van der Waals surface area contributed by atoms with Crippen LogP contribution in [0, 0.1) is 0 Å². The minimum atomic E-state index is -0.988. The number of aliphatic imine (C=N–C) groups is 1. The van der Waals surface area contributed by atoms with Crippen LogP contribution in [0.3, 0.4) is 0 Å². The molecule has 1 aliphatic carbocycles. The minimum Gasteiger partial charge on any atom is -0.383 e. The van der Waals surface area contributed by atoms with Gasteiger partial charge in [0.05, 0.1) is 6.54 Å². The number of aliphatic hydroxyl groups is 1. The molecule has 4 nitrogen and oxygen atoms in total. The molecule has 4 N–H and O–H groups in total. The van der Waals surface area contributed by atoms with Gasteiger partial charge in [0.25, 0.3) is 0 Å². The molecule has 6 heteroatoms. The number of halogens is 1. The third-order valence-corrected chi connectivity index (χ3v) is 5.10. The lowest BCUT2D eigenvalue weighted by Crippen LogP contribution is -2.29. The number of benzene rings is 1. The highest BCUT2D eigenvalue weighted by Crippen LogP contribution is 2.26. The predicted octanol–water partition coefficient (Wildman–Crippen LogP) is 3.49. The number of rotatable bonds is 4. The van der Waals surface area contributed by atoms with Crippen LogP contribution in [-0.4, -0.2) is 17.6 Å². The van der Waals surface area contributed by atoms with Crippen LogP contribution < -0.4 is 11.1 Å². The number of nitrogens with one attached hydrogen (secondary N) is 1. The second-order valence-corrected chi connectivity index (χ2v) is 6.86. The van der Waals surface area contributed by atoms with Gasteiger partial charge in [-0.3, -0.25) is 0 Å². The highest BCUT2D eigenvalue weighted by molar-refractivity contribution is 14.0. The molecule has 124 valence electrons. The number of aryl methyl sites for hydroxylation is 2. The molecule has 0 bridgehead atoms. The fraction of sp³-hybridized carbons (Fsp3) is 0.353. The topological polar surface area (TPSA) is 70.6 Å². The number of hydrogen-bond acceptors (Lipinski definition) is 3. The van der Waals surface area contributed by atoms with Gasteiger partial charge in [0, 0.05) is 10.6 Å². The Morgan fingerprint density at radius 2 is 2.13 bits per heavy atom. The second kappa shape index (κ2) is 7.63. The lowest BCUT2D eigenvalue weighted by Gasteiger charge is -2.19. The predicted molar refractivity (Wildman–Crippen MR) is 108 cm³/mol. The van der Waals surface area contributed by atoms with Crippen LogP contribution in [0.1, 0.15) is 29.3 Å². The zero-order valence-corrected chi connectivity index (χ0v) is 16.2. The third-order valence-electron chi connectivity index (χ3n) is 3.98. The summed E-state index contributed by atoms with van der Waals surface area (Å²) < 4.78 is 0. The summed E-state index contributed by atoms with van der Waals surface area (Å²) in [5.74, 6) is 0.328. The maximum Gasteiger partial charge on any atom is 0.193 e. The van der Waals surface area contributed by atoms with Crippen molar-refractivity contribution in [3.63, 3.8) is 0 Å². The molecule has 2 aromatic rings. The van der Waals surface area contributed by atoms with Gasteiger partial charge in [0.1, 0.15) is 5.60 Å². The molecule has 1 heterocycles. The van der Waals surface area contributed by atoms with E-state index in [-0.39, 0.29) is 30.5 Å². The number of guanidine groups is 1. The van der Waals surface area contributed by atoms with E-state index >= 15 is 0 Å². The van der Waals surface area contributed by atoms with Gasteiger partial charge in [0.2, 0.25) is 0 Å². The van der Waals surface area contributed by atoms with Crippen molar-refractivity contribution in [1.82, 2.24) is 0 Å². The van der Waals surface area contributed by atoms with Crippen LogP contribution in [0.4, 0.5) is 5.69 Å². The minimum absolute atomic E-state index is 0. The van der Waals surface area contributed by atoms with E-state index in [0.717, 1.165) is 17.0 Å². The van der Waals surface area contributed by atoms with E-state index < -0.39 is 5.60 Å². The van der Waals surface area contributed by atoms with Crippen molar-refractivity contribution in [2.75, 3.05) is 11.9 Å². The zero-order valence-electron chi connectivity index (χ0n) is 13.1. The van der Waals surface area contributed by atoms with Crippen LogP contribution in [0.2, 0.25) is 0 Å². The van der Waals surface area contributed by atoms with Gasteiger partial charge in [-0.1, -0.05) is 12.1 Å². The van der Waals surface area contributed by atoms with Gasteiger partial charge in [-0.15, -0.1) is 35.3 Å². The molecule has 1 aromatic carbocycles. The number of fused-ring (bicyclic) bond motifs is 1. The van der Waals surface area contributed by atoms with Crippen molar-refractivity contribution in [3.05, 3.63) is 51.7 Å². The van der Waals surface area contributed by atoms with Crippen molar-refractivity contribution >= 4 is 47.0 Å². The Morgan fingerprint density at radius 3 is 2.87 bits per heavy atom. The van der Waals surface area contributed by atoms with Gasteiger partial charge >= 0.3 is 0 Å². The number of hydrogen-bond donors (Lipinski definition) is 3. The summed E-state index contributed by atoms with van der Waals surface area (Å²) in [5.41, 5.74) is 8.74. The maximum absolute atomic E-state index is 10.4. The van der Waals surface area contributed by atoms with Gasteiger partial charge in [0.15, 0.2) is 5.96 Å². The molecule has 1 unspecified atom stereocenters. The first-order valence-electron chi connectivity index (χ1n) is 7.50. The Balaban J connectivity index is 0.00000192. The molecule has 1 aromatic heterocycles. The maximum atomic E-state index is 10.4. The van der Waals surface area contributed by atoms with E-state index in [9.17, 15) is 5.11 Å². The van der Waals surface area contributed by atoms with Crippen molar-refractivity contribution < 1.29 is 5.11 Å². The molecule has 0 saturated carbocycles. The molecule has 23 heavy (non-hydrogen) atoms. The van der Waals surface area contributed by atoms with Crippen molar-refractivity contribution in [2.24, 2.45) is 10.7 Å².